The Kier molecular flexibility index (Phi) is 3.15. The van der Waals surface area contributed by atoms with Gasteiger partial charge in [-0.2, -0.15) is 13.2 Å². The van der Waals surface area contributed by atoms with Crippen molar-refractivity contribution in [3.05, 3.63) is 23.8 Å². The minimum Gasteiger partial charge on any atom is -0.486 e. The third-order valence-corrected chi connectivity index (χ3v) is 2.60. The van der Waals surface area contributed by atoms with Crippen LogP contribution < -0.4 is 15.2 Å². The molecule has 0 saturated carbocycles. The van der Waals surface area contributed by atoms with E-state index in [0.717, 1.165) is 0 Å². The fourth-order valence-electron chi connectivity index (χ4n) is 1.81. The molecular weight excluding hydrogens is 235 g/mol. The first kappa shape index (κ1) is 12.0. The second-order valence-corrected chi connectivity index (χ2v) is 3.70. The number of rotatable bonds is 2. The molecule has 3 nitrogen and oxygen atoms in total. The number of ether oxygens (including phenoxy) is 2. The molecule has 1 unspecified atom stereocenters. The number of fused-ring (bicyclic) bond motifs is 1. The highest BCUT2D eigenvalue weighted by Crippen LogP contribution is 2.43. The first-order valence-corrected chi connectivity index (χ1v) is 5.19. The van der Waals surface area contributed by atoms with Crippen LogP contribution in [0.5, 0.6) is 11.5 Å². The van der Waals surface area contributed by atoms with E-state index in [1.165, 1.54) is 12.1 Å². The molecule has 17 heavy (non-hydrogen) atoms. The molecule has 0 saturated heterocycles. The van der Waals surface area contributed by atoms with E-state index in [1.54, 1.807) is 6.07 Å². The van der Waals surface area contributed by atoms with Crippen molar-refractivity contribution >= 4 is 0 Å². The zero-order valence-electron chi connectivity index (χ0n) is 8.96. The van der Waals surface area contributed by atoms with Crippen LogP contribution in [0.2, 0.25) is 0 Å². The summed E-state index contributed by atoms with van der Waals surface area (Å²) < 4.78 is 48.9. The molecule has 0 aromatic heterocycles. The first-order valence-electron chi connectivity index (χ1n) is 5.19. The first-order chi connectivity index (χ1) is 8.04. The largest absolute Gasteiger partial charge is 0.486 e. The molecule has 94 valence electrons. The molecular formula is C11H12F3NO2. The quantitative estimate of drug-likeness (QED) is 0.870. The van der Waals surface area contributed by atoms with Gasteiger partial charge in [0.1, 0.15) is 13.2 Å². The van der Waals surface area contributed by atoms with Crippen molar-refractivity contribution in [2.75, 3.05) is 19.8 Å². The molecule has 1 aromatic rings. The summed E-state index contributed by atoms with van der Waals surface area (Å²) in [5.74, 6) is -1.22. The fraction of sp³-hybridized carbons (Fsp3) is 0.455. The number of alkyl halides is 3. The van der Waals surface area contributed by atoms with Gasteiger partial charge < -0.3 is 15.2 Å². The molecule has 0 aliphatic carbocycles. The van der Waals surface area contributed by atoms with Gasteiger partial charge in [-0.15, -0.1) is 0 Å². The molecule has 0 bridgehead atoms. The average Bonchev–Trinajstić information content (AvgIpc) is 2.28. The number of benzene rings is 1. The molecule has 0 amide bonds. The highest BCUT2D eigenvalue weighted by Gasteiger charge is 2.42. The van der Waals surface area contributed by atoms with E-state index >= 15 is 0 Å². The molecule has 0 spiro atoms. The predicted octanol–water partition coefficient (Wildman–Crippen LogP) is 2.06. The van der Waals surface area contributed by atoms with Gasteiger partial charge in [0.05, 0.1) is 5.92 Å². The van der Waals surface area contributed by atoms with E-state index in [2.05, 4.69) is 0 Å². The van der Waals surface area contributed by atoms with Crippen molar-refractivity contribution in [2.45, 2.75) is 12.1 Å². The van der Waals surface area contributed by atoms with Gasteiger partial charge in [-0.25, -0.2) is 0 Å². The highest BCUT2D eigenvalue weighted by molar-refractivity contribution is 5.49. The molecule has 2 rings (SSSR count). The summed E-state index contributed by atoms with van der Waals surface area (Å²) in [5.41, 5.74) is 5.25. The van der Waals surface area contributed by atoms with E-state index < -0.39 is 18.6 Å². The molecule has 0 radical (unpaired) electrons. The summed E-state index contributed by atoms with van der Waals surface area (Å²) in [5, 5.41) is 0. The Labute approximate surface area is 96.3 Å². The van der Waals surface area contributed by atoms with Crippen molar-refractivity contribution in [1.82, 2.24) is 0 Å². The second-order valence-electron chi connectivity index (χ2n) is 3.70. The maximum Gasteiger partial charge on any atom is 0.397 e. The van der Waals surface area contributed by atoms with Crippen molar-refractivity contribution in [3.8, 4) is 11.5 Å². The minimum absolute atomic E-state index is 0.0391. The van der Waals surface area contributed by atoms with Gasteiger partial charge in [-0.05, 0) is 6.07 Å². The summed E-state index contributed by atoms with van der Waals surface area (Å²) in [4.78, 5) is 0. The van der Waals surface area contributed by atoms with Gasteiger partial charge in [0, 0.05) is 12.1 Å². The number of nitrogens with two attached hydrogens (primary N) is 1. The molecule has 1 aliphatic heterocycles. The summed E-state index contributed by atoms with van der Waals surface area (Å²) in [6.07, 6.45) is -4.38. The standard InChI is InChI=1S/C11H12F3NO2/c12-11(13,14)8(6-15)7-2-1-3-9-10(7)17-5-4-16-9/h1-3,8H,4-6,15H2. The lowest BCUT2D eigenvalue weighted by Crippen LogP contribution is -2.29. The van der Waals surface area contributed by atoms with E-state index in [9.17, 15) is 13.2 Å². The third-order valence-electron chi connectivity index (χ3n) is 2.60. The summed E-state index contributed by atoms with van der Waals surface area (Å²) in [6.45, 7) is 0.0816. The highest BCUT2D eigenvalue weighted by atomic mass is 19.4. The lowest BCUT2D eigenvalue weighted by atomic mass is 9.97. The lowest BCUT2D eigenvalue weighted by molar-refractivity contribution is -0.148. The average molecular weight is 247 g/mol. The van der Waals surface area contributed by atoms with Crippen molar-refractivity contribution < 1.29 is 22.6 Å². The fourth-order valence-corrected chi connectivity index (χ4v) is 1.81. The molecule has 6 heteroatoms. The lowest BCUT2D eigenvalue weighted by Gasteiger charge is -2.25. The van der Waals surface area contributed by atoms with Crippen LogP contribution in [0.25, 0.3) is 0 Å². The van der Waals surface area contributed by atoms with E-state index in [4.69, 9.17) is 15.2 Å². The molecule has 1 heterocycles. The summed E-state index contributed by atoms with van der Waals surface area (Å²) >= 11 is 0. The van der Waals surface area contributed by atoms with Crippen LogP contribution in [0.1, 0.15) is 11.5 Å². The normalized spacial score (nSPS) is 16.7. The number of hydrogen-bond acceptors (Lipinski definition) is 3. The van der Waals surface area contributed by atoms with Crippen molar-refractivity contribution in [1.29, 1.82) is 0 Å². The van der Waals surface area contributed by atoms with Gasteiger partial charge in [-0.1, -0.05) is 12.1 Å². The van der Waals surface area contributed by atoms with Gasteiger partial charge in [0.15, 0.2) is 11.5 Å². The van der Waals surface area contributed by atoms with Crippen LogP contribution >= 0.6 is 0 Å². The Hall–Kier alpha value is -1.43. The maximum absolute atomic E-state index is 12.8. The molecule has 1 aliphatic rings. The van der Waals surface area contributed by atoms with Crippen LogP contribution in [0.15, 0.2) is 18.2 Å². The van der Waals surface area contributed by atoms with Crippen LogP contribution in [0.3, 0.4) is 0 Å². The van der Waals surface area contributed by atoms with E-state index in [0.29, 0.717) is 12.4 Å². The van der Waals surface area contributed by atoms with Crippen LogP contribution in [-0.4, -0.2) is 25.9 Å². The Morgan fingerprint density at radius 1 is 1.24 bits per heavy atom. The smallest absolute Gasteiger partial charge is 0.397 e. The minimum atomic E-state index is -4.38. The summed E-state index contributed by atoms with van der Waals surface area (Å²) in [6, 6.07) is 4.47. The Balaban J connectivity index is 2.44. The monoisotopic (exact) mass is 247 g/mol. The molecule has 0 fully saturated rings. The summed E-state index contributed by atoms with van der Waals surface area (Å²) in [7, 11) is 0. The number of halogens is 3. The van der Waals surface area contributed by atoms with Gasteiger partial charge in [0.25, 0.3) is 0 Å². The van der Waals surface area contributed by atoms with Gasteiger partial charge >= 0.3 is 6.18 Å². The van der Waals surface area contributed by atoms with E-state index in [1.807, 2.05) is 0 Å². The Morgan fingerprint density at radius 3 is 2.59 bits per heavy atom. The number of hydrogen-bond donors (Lipinski definition) is 1. The zero-order valence-corrected chi connectivity index (χ0v) is 8.96. The second kappa shape index (κ2) is 4.44. The third kappa shape index (κ3) is 2.31. The number of para-hydroxylation sites is 1. The maximum atomic E-state index is 12.8. The molecule has 2 N–H and O–H groups in total. The van der Waals surface area contributed by atoms with Gasteiger partial charge in [-0.3, -0.25) is 0 Å². The van der Waals surface area contributed by atoms with E-state index in [-0.39, 0.29) is 17.9 Å². The zero-order chi connectivity index (χ0) is 12.5. The predicted molar refractivity (Wildman–Crippen MR) is 55.3 cm³/mol. The van der Waals surface area contributed by atoms with Crippen molar-refractivity contribution in [2.24, 2.45) is 5.73 Å². The topological polar surface area (TPSA) is 44.5 Å². The Bertz CT molecular complexity index is 406. The molecule has 1 atom stereocenters. The molecule has 1 aromatic carbocycles. The van der Waals surface area contributed by atoms with Crippen molar-refractivity contribution in [3.63, 3.8) is 0 Å². The van der Waals surface area contributed by atoms with Crippen LogP contribution in [0.4, 0.5) is 13.2 Å². The van der Waals surface area contributed by atoms with Gasteiger partial charge in [0.2, 0.25) is 0 Å². The van der Waals surface area contributed by atoms with Crippen LogP contribution in [0, 0.1) is 0 Å². The Morgan fingerprint density at radius 2 is 1.94 bits per heavy atom. The van der Waals surface area contributed by atoms with Crippen LogP contribution in [-0.2, 0) is 0 Å². The SMILES string of the molecule is NCC(c1cccc2c1OCCO2)C(F)(F)F.